The van der Waals surface area contributed by atoms with Gasteiger partial charge in [0.05, 0.1) is 28.2 Å². The predicted octanol–water partition coefficient (Wildman–Crippen LogP) is 4.07. The molecule has 1 heterocycles. The molecule has 20 heavy (non-hydrogen) atoms. The fraction of sp³-hybridized carbons (Fsp3) is 0.143. The molecule has 0 aliphatic heterocycles. The van der Waals surface area contributed by atoms with Crippen LogP contribution in [0, 0.1) is 0 Å². The molecule has 0 unspecified atom stereocenters. The van der Waals surface area contributed by atoms with Crippen molar-refractivity contribution < 1.29 is 4.79 Å². The lowest BCUT2D eigenvalue weighted by molar-refractivity contribution is 0.102. The normalized spacial score (nSPS) is 10.2. The van der Waals surface area contributed by atoms with Gasteiger partial charge in [-0.05, 0) is 31.2 Å². The summed E-state index contributed by atoms with van der Waals surface area (Å²) in [5, 5.41) is 6.76. The first-order valence-electron chi connectivity index (χ1n) is 6.06. The number of hydrogen-bond donors (Lipinski definition) is 2. The van der Waals surface area contributed by atoms with Gasteiger partial charge in [0, 0.05) is 17.8 Å². The maximum atomic E-state index is 12.3. The summed E-state index contributed by atoms with van der Waals surface area (Å²) in [6.45, 7) is 2.65. The monoisotopic (exact) mass is 309 g/mol. The van der Waals surface area contributed by atoms with Gasteiger partial charge in [0.15, 0.2) is 0 Å². The Labute approximate surface area is 127 Å². The summed E-state index contributed by atoms with van der Waals surface area (Å²) in [6.07, 6.45) is 3.18. The second-order valence-corrected chi connectivity index (χ2v) is 4.87. The molecule has 0 spiro atoms. The smallest absolute Gasteiger partial charge is 0.257 e. The zero-order valence-electron chi connectivity index (χ0n) is 10.8. The van der Waals surface area contributed by atoms with Gasteiger partial charge in [-0.2, -0.15) is 0 Å². The van der Waals surface area contributed by atoms with E-state index in [1.807, 2.05) is 6.92 Å². The van der Waals surface area contributed by atoms with E-state index in [9.17, 15) is 4.79 Å². The number of halogens is 2. The highest BCUT2D eigenvalue weighted by atomic mass is 35.5. The number of anilines is 2. The second kappa shape index (κ2) is 6.59. The molecule has 0 fully saturated rings. The summed E-state index contributed by atoms with van der Waals surface area (Å²) >= 11 is 11.9. The third-order valence-electron chi connectivity index (χ3n) is 2.61. The molecule has 104 valence electrons. The molecule has 1 aromatic heterocycles. The summed E-state index contributed by atoms with van der Waals surface area (Å²) in [7, 11) is 0. The SMILES string of the molecule is CCNc1cnccc1C(=O)Nc1ccc(Cl)cc1Cl. The van der Waals surface area contributed by atoms with Crippen molar-refractivity contribution >= 4 is 40.5 Å². The molecular weight excluding hydrogens is 297 g/mol. The molecule has 0 radical (unpaired) electrons. The minimum atomic E-state index is -0.257. The molecule has 0 saturated carbocycles. The molecule has 4 nitrogen and oxygen atoms in total. The average Bonchev–Trinajstić information content (AvgIpc) is 2.43. The largest absolute Gasteiger partial charge is 0.383 e. The fourth-order valence-electron chi connectivity index (χ4n) is 1.70. The van der Waals surface area contributed by atoms with E-state index in [0.717, 1.165) is 0 Å². The van der Waals surface area contributed by atoms with Crippen LogP contribution in [0.5, 0.6) is 0 Å². The first-order chi connectivity index (χ1) is 9.61. The Hall–Kier alpha value is -1.78. The molecule has 2 rings (SSSR count). The van der Waals surface area contributed by atoms with Gasteiger partial charge < -0.3 is 10.6 Å². The van der Waals surface area contributed by atoms with Gasteiger partial charge in [-0.15, -0.1) is 0 Å². The van der Waals surface area contributed by atoms with Crippen LogP contribution in [-0.2, 0) is 0 Å². The Morgan fingerprint density at radius 2 is 2.05 bits per heavy atom. The predicted molar refractivity (Wildman–Crippen MR) is 82.8 cm³/mol. The van der Waals surface area contributed by atoms with E-state index in [1.54, 1.807) is 36.7 Å². The van der Waals surface area contributed by atoms with Crippen molar-refractivity contribution in [2.75, 3.05) is 17.2 Å². The lowest BCUT2D eigenvalue weighted by atomic mass is 10.2. The topological polar surface area (TPSA) is 54.0 Å². The highest BCUT2D eigenvalue weighted by Crippen LogP contribution is 2.26. The number of pyridine rings is 1. The minimum Gasteiger partial charge on any atom is -0.383 e. The molecule has 0 atom stereocenters. The van der Waals surface area contributed by atoms with Crippen LogP contribution in [0.2, 0.25) is 10.0 Å². The van der Waals surface area contributed by atoms with Crippen molar-refractivity contribution in [1.82, 2.24) is 4.98 Å². The summed E-state index contributed by atoms with van der Waals surface area (Å²) < 4.78 is 0. The molecule has 0 aliphatic carbocycles. The molecule has 1 amide bonds. The number of nitrogens with one attached hydrogen (secondary N) is 2. The third kappa shape index (κ3) is 3.40. The zero-order valence-corrected chi connectivity index (χ0v) is 12.3. The Morgan fingerprint density at radius 3 is 2.75 bits per heavy atom. The van der Waals surface area contributed by atoms with Crippen LogP contribution >= 0.6 is 23.2 Å². The molecular formula is C14H13Cl2N3O. The molecule has 2 aromatic rings. The van der Waals surface area contributed by atoms with Crippen LogP contribution in [0.4, 0.5) is 11.4 Å². The van der Waals surface area contributed by atoms with Crippen molar-refractivity contribution in [2.24, 2.45) is 0 Å². The standard InChI is InChI=1S/C14H13Cl2N3O/c1-2-18-13-8-17-6-5-10(13)14(20)19-12-4-3-9(15)7-11(12)16/h3-8,18H,2H2,1H3,(H,19,20). The van der Waals surface area contributed by atoms with Gasteiger partial charge in [-0.25, -0.2) is 0 Å². The van der Waals surface area contributed by atoms with Crippen LogP contribution in [0.3, 0.4) is 0 Å². The summed E-state index contributed by atoms with van der Waals surface area (Å²) in [5.41, 5.74) is 1.70. The summed E-state index contributed by atoms with van der Waals surface area (Å²) in [6, 6.07) is 6.56. The Bertz CT molecular complexity index is 632. The quantitative estimate of drug-likeness (QED) is 0.895. The summed E-state index contributed by atoms with van der Waals surface area (Å²) in [5.74, 6) is -0.257. The van der Waals surface area contributed by atoms with Gasteiger partial charge in [-0.1, -0.05) is 23.2 Å². The minimum absolute atomic E-state index is 0.257. The van der Waals surface area contributed by atoms with E-state index >= 15 is 0 Å². The highest BCUT2D eigenvalue weighted by Gasteiger charge is 2.12. The molecule has 0 bridgehead atoms. The van der Waals surface area contributed by atoms with Crippen molar-refractivity contribution in [3.8, 4) is 0 Å². The van der Waals surface area contributed by atoms with Crippen molar-refractivity contribution in [3.63, 3.8) is 0 Å². The molecule has 1 aromatic carbocycles. The number of nitrogens with zero attached hydrogens (tertiary/aromatic N) is 1. The molecule has 0 saturated heterocycles. The van der Waals surface area contributed by atoms with Gasteiger partial charge in [-0.3, -0.25) is 9.78 Å². The van der Waals surface area contributed by atoms with Crippen molar-refractivity contribution in [3.05, 3.63) is 52.3 Å². The number of amides is 1. The average molecular weight is 310 g/mol. The molecule has 0 aliphatic rings. The second-order valence-electron chi connectivity index (χ2n) is 4.03. The first kappa shape index (κ1) is 14.6. The lowest BCUT2D eigenvalue weighted by Gasteiger charge is -2.11. The number of hydrogen-bond acceptors (Lipinski definition) is 3. The van der Waals surface area contributed by atoms with E-state index in [1.165, 1.54) is 0 Å². The van der Waals surface area contributed by atoms with Gasteiger partial charge in [0.25, 0.3) is 5.91 Å². The van der Waals surface area contributed by atoms with Gasteiger partial charge in [0.2, 0.25) is 0 Å². The number of rotatable bonds is 4. The molecule has 6 heteroatoms. The maximum Gasteiger partial charge on any atom is 0.257 e. The van der Waals surface area contributed by atoms with Crippen LogP contribution in [-0.4, -0.2) is 17.4 Å². The number of carbonyl (C=O) groups is 1. The van der Waals surface area contributed by atoms with Crippen molar-refractivity contribution in [1.29, 1.82) is 0 Å². The van der Waals surface area contributed by atoms with Crippen LogP contribution in [0.15, 0.2) is 36.7 Å². The highest BCUT2D eigenvalue weighted by molar-refractivity contribution is 6.36. The maximum absolute atomic E-state index is 12.3. The number of benzene rings is 1. The van der Waals surface area contributed by atoms with E-state index in [2.05, 4.69) is 15.6 Å². The van der Waals surface area contributed by atoms with E-state index in [0.29, 0.717) is 33.5 Å². The Kier molecular flexibility index (Phi) is 4.82. The summed E-state index contributed by atoms with van der Waals surface area (Å²) in [4.78, 5) is 16.3. The van der Waals surface area contributed by atoms with E-state index < -0.39 is 0 Å². The first-order valence-corrected chi connectivity index (χ1v) is 6.81. The number of carbonyl (C=O) groups excluding carboxylic acids is 1. The fourth-order valence-corrected chi connectivity index (χ4v) is 2.16. The third-order valence-corrected chi connectivity index (χ3v) is 3.16. The van der Waals surface area contributed by atoms with E-state index in [4.69, 9.17) is 23.2 Å². The zero-order chi connectivity index (χ0) is 14.5. The number of aromatic nitrogens is 1. The van der Waals surface area contributed by atoms with Crippen LogP contribution in [0.1, 0.15) is 17.3 Å². The van der Waals surface area contributed by atoms with Crippen molar-refractivity contribution in [2.45, 2.75) is 6.92 Å². The van der Waals surface area contributed by atoms with Gasteiger partial charge in [0.1, 0.15) is 0 Å². The lowest BCUT2D eigenvalue weighted by Crippen LogP contribution is -2.15. The molecule has 2 N–H and O–H groups in total. The Balaban J connectivity index is 2.24. The van der Waals surface area contributed by atoms with E-state index in [-0.39, 0.29) is 5.91 Å². The van der Waals surface area contributed by atoms with Gasteiger partial charge >= 0.3 is 0 Å². The Morgan fingerprint density at radius 1 is 1.25 bits per heavy atom. The van der Waals surface area contributed by atoms with Crippen LogP contribution in [0.25, 0.3) is 0 Å². The van der Waals surface area contributed by atoms with Crippen LogP contribution < -0.4 is 10.6 Å².